The summed E-state index contributed by atoms with van der Waals surface area (Å²) in [6.07, 6.45) is 0.504. The lowest BCUT2D eigenvalue weighted by Gasteiger charge is -2.10. The van der Waals surface area contributed by atoms with E-state index in [1.165, 1.54) is 12.1 Å². The van der Waals surface area contributed by atoms with E-state index >= 15 is 0 Å². The summed E-state index contributed by atoms with van der Waals surface area (Å²) >= 11 is 3.33. The Hall–Kier alpha value is -1.66. The van der Waals surface area contributed by atoms with Crippen molar-refractivity contribution in [2.75, 3.05) is 11.1 Å². The zero-order chi connectivity index (χ0) is 16.2. The first-order valence-corrected chi connectivity index (χ1v) is 9.27. The summed E-state index contributed by atoms with van der Waals surface area (Å²) in [5, 5.41) is 2.72. The molecule has 0 atom stereocenters. The van der Waals surface area contributed by atoms with Gasteiger partial charge in [-0.1, -0.05) is 41.1 Å². The smallest absolute Gasteiger partial charge is 0.256 e. The molecule has 0 aliphatic rings. The Kier molecular flexibility index (Phi) is 5.37. The summed E-state index contributed by atoms with van der Waals surface area (Å²) in [5.74, 6) is -0.415. The molecule has 1 N–H and O–H groups in total. The second-order valence-electron chi connectivity index (χ2n) is 4.78. The van der Waals surface area contributed by atoms with Gasteiger partial charge < -0.3 is 5.32 Å². The van der Waals surface area contributed by atoms with Gasteiger partial charge in [0, 0.05) is 10.2 Å². The van der Waals surface area contributed by atoms with Crippen LogP contribution in [0.1, 0.15) is 23.7 Å². The van der Waals surface area contributed by atoms with Crippen molar-refractivity contribution in [3.05, 3.63) is 58.6 Å². The highest BCUT2D eigenvalue weighted by molar-refractivity contribution is 9.10. The molecule has 0 fully saturated rings. The first kappa shape index (κ1) is 16.7. The second kappa shape index (κ2) is 7.07. The molecule has 0 saturated carbocycles. The summed E-state index contributed by atoms with van der Waals surface area (Å²) in [6, 6.07) is 13.4. The molecule has 2 rings (SSSR count). The van der Waals surface area contributed by atoms with Gasteiger partial charge >= 0.3 is 0 Å². The van der Waals surface area contributed by atoms with Crippen LogP contribution in [0.3, 0.4) is 0 Å². The van der Waals surface area contributed by atoms with Crippen LogP contribution in [-0.2, 0) is 9.84 Å². The Morgan fingerprint density at radius 2 is 1.86 bits per heavy atom. The molecule has 2 aromatic rings. The molecule has 6 heteroatoms. The minimum absolute atomic E-state index is 0.0220. The van der Waals surface area contributed by atoms with Crippen LogP contribution in [0.4, 0.5) is 5.69 Å². The number of halogens is 1. The molecule has 0 aliphatic heterocycles. The Labute approximate surface area is 138 Å². The van der Waals surface area contributed by atoms with E-state index in [9.17, 15) is 13.2 Å². The third-order valence-electron chi connectivity index (χ3n) is 3.02. The van der Waals surface area contributed by atoms with E-state index in [2.05, 4.69) is 21.2 Å². The molecule has 0 saturated heterocycles. The Bertz CT molecular complexity index is 787. The summed E-state index contributed by atoms with van der Waals surface area (Å²) in [6.45, 7) is 1.79. The van der Waals surface area contributed by atoms with E-state index in [0.29, 0.717) is 12.1 Å². The van der Waals surface area contributed by atoms with Crippen LogP contribution in [0.25, 0.3) is 0 Å². The van der Waals surface area contributed by atoms with Crippen LogP contribution in [0.2, 0.25) is 0 Å². The molecule has 2 aromatic carbocycles. The van der Waals surface area contributed by atoms with Gasteiger partial charge in [-0.05, 0) is 36.8 Å². The fraction of sp³-hybridized carbons (Fsp3) is 0.188. The molecule has 0 unspecified atom stereocenters. The van der Waals surface area contributed by atoms with Crippen molar-refractivity contribution in [3.8, 4) is 0 Å². The number of hydrogen-bond donors (Lipinski definition) is 1. The van der Waals surface area contributed by atoms with Gasteiger partial charge in [-0.25, -0.2) is 8.42 Å². The van der Waals surface area contributed by atoms with Crippen molar-refractivity contribution >= 4 is 37.4 Å². The first-order valence-electron chi connectivity index (χ1n) is 6.83. The number of benzene rings is 2. The van der Waals surface area contributed by atoms with Crippen LogP contribution in [0.5, 0.6) is 0 Å². The normalized spacial score (nSPS) is 11.2. The van der Waals surface area contributed by atoms with Gasteiger partial charge in [-0.15, -0.1) is 0 Å². The van der Waals surface area contributed by atoms with Gasteiger partial charge in [0.1, 0.15) is 0 Å². The summed E-state index contributed by atoms with van der Waals surface area (Å²) < 4.78 is 25.4. The molecular formula is C16H16BrNO3S. The molecule has 4 nitrogen and oxygen atoms in total. The third kappa shape index (κ3) is 3.96. The molecule has 0 spiro atoms. The highest BCUT2D eigenvalue weighted by atomic mass is 79.9. The molecule has 22 heavy (non-hydrogen) atoms. The SMILES string of the molecule is CCCS(=O)(=O)c1ccccc1C(=O)Nc1cccc(Br)c1. The largest absolute Gasteiger partial charge is 0.322 e. The minimum atomic E-state index is -3.46. The van der Waals surface area contributed by atoms with Crippen molar-refractivity contribution in [2.45, 2.75) is 18.2 Å². The van der Waals surface area contributed by atoms with E-state index in [-0.39, 0.29) is 16.2 Å². The Morgan fingerprint density at radius 1 is 1.14 bits per heavy atom. The van der Waals surface area contributed by atoms with Gasteiger partial charge in [0.15, 0.2) is 9.84 Å². The quantitative estimate of drug-likeness (QED) is 0.854. The second-order valence-corrected chi connectivity index (χ2v) is 7.77. The number of nitrogens with one attached hydrogen (secondary N) is 1. The number of hydrogen-bond acceptors (Lipinski definition) is 3. The zero-order valence-corrected chi connectivity index (χ0v) is 14.4. The maximum Gasteiger partial charge on any atom is 0.256 e. The van der Waals surface area contributed by atoms with Crippen molar-refractivity contribution in [1.29, 1.82) is 0 Å². The number of sulfone groups is 1. The number of amides is 1. The number of anilines is 1. The Balaban J connectivity index is 2.35. The van der Waals surface area contributed by atoms with Crippen LogP contribution in [0, 0.1) is 0 Å². The van der Waals surface area contributed by atoms with Crippen molar-refractivity contribution in [2.24, 2.45) is 0 Å². The molecule has 0 heterocycles. The highest BCUT2D eigenvalue weighted by Gasteiger charge is 2.21. The molecule has 0 radical (unpaired) electrons. The van der Waals surface area contributed by atoms with Crippen LogP contribution < -0.4 is 5.32 Å². The summed E-state index contributed by atoms with van der Waals surface area (Å²) in [5.41, 5.74) is 0.762. The summed E-state index contributed by atoms with van der Waals surface area (Å²) in [7, 11) is -3.46. The monoisotopic (exact) mass is 381 g/mol. The first-order chi connectivity index (χ1) is 10.4. The molecule has 0 bridgehead atoms. The predicted octanol–water partition coefficient (Wildman–Crippen LogP) is 3.89. The van der Waals surface area contributed by atoms with E-state index in [0.717, 1.165) is 4.47 Å². The molecular weight excluding hydrogens is 366 g/mol. The summed E-state index contributed by atoms with van der Waals surface area (Å²) in [4.78, 5) is 12.5. The molecule has 0 aliphatic carbocycles. The van der Waals surface area contributed by atoms with Crippen LogP contribution >= 0.6 is 15.9 Å². The van der Waals surface area contributed by atoms with Crippen molar-refractivity contribution < 1.29 is 13.2 Å². The van der Waals surface area contributed by atoms with Crippen molar-refractivity contribution in [3.63, 3.8) is 0 Å². The lowest BCUT2D eigenvalue weighted by molar-refractivity contribution is 0.102. The van der Waals surface area contributed by atoms with Crippen molar-refractivity contribution in [1.82, 2.24) is 0 Å². The van der Waals surface area contributed by atoms with Gasteiger partial charge in [0.05, 0.1) is 16.2 Å². The number of carbonyl (C=O) groups is 1. The predicted molar refractivity (Wildman–Crippen MR) is 90.9 cm³/mol. The van der Waals surface area contributed by atoms with E-state index in [1.54, 1.807) is 37.3 Å². The average molecular weight is 382 g/mol. The fourth-order valence-electron chi connectivity index (χ4n) is 2.07. The maximum atomic E-state index is 12.4. The van der Waals surface area contributed by atoms with Gasteiger partial charge in [-0.3, -0.25) is 4.79 Å². The fourth-order valence-corrected chi connectivity index (χ4v) is 4.01. The lowest BCUT2D eigenvalue weighted by atomic mass is 10.2. The van der Waals surface area contributed by atoms with Crippen LogP contribution in [0.15, 0.2) is 57.9 Å². The Morgan fingerprint density at radius 3 is 2.55 bits per heavy atom. The highest BCUT2D eigenvalue weighted by Crippen LogP contribution is 2.21. The molecule has 1 amide bonds. The van der Waals surface area contributed by atoms with Gasteiger partial charge in [0.2, 0.25) is 0 Å². The topological polar surface area (TPSA) is 63.2 Å². The van der Waals surface area contributed by atoms with Gasteiger partial charge in [-0.2, -0.15) is 0 Å². The van der Waals surface area contributed by atoms with Gasteiger partial charge in [0.25, 0.3) is 5.91 Å². The standard InChI is InChI=1S/C16H16BrNO3S/c1-2-10-22(20,21)15-9-4-3-8-14(15)16(19)18-13-7-5-6-12(17)11-13/h3-9,11H,2,10H2,1H3,(H,18,19). The van der Waals surface area contributed by atoms with E-state index in [4.69, 9.17) is 0 Å². The molecule has 0 aromatic heterocycles. The number of rotatable bonds is 5. The third-order valence-corrected chi connectivity index (χ3v) is 5.49. The minimum Gasteiger partial charge on any atom is -0.322 e. The lowest BCUT2D eigenvalue weighted by Crippen LogP contribution is -2.17. The van der Waals surface area contributed by atoms with E-state index < -0.39 is 15.7 Å². The molecule has 116 valence electrons. The number of carbonyl (C=O) groups excluding carboxylic acids is 1. The maximum absolute atomic E-state index is 12.4. The van der Waals surface area contributed by atoms with E-state index in [1.807, 2.05) is 6.07 Å². The van der Waals surface area contributed by atoms with Crippen LogP contribution in [-0.4, -0.2) is 20.1 Å². The average Bonchev–Trinajstić information content (AvgIpc) is 2.47. The zero-order valence-electron chi connectivity index (χ0n) is 12.0.